The van der Waals surface area contributed by atoms with Crippen LogP contribution < -0.4 is 16.4 Å². The van der Waals surface area contributed by atoms with Crippen LogP contribution in [0.15, 0.2) is 60.7 Å². The Hall–Kier alpha value is -4.73. The van der Waals surface area contributed by atoms with Crippen molar-refractivity contribution in [3.8, 4) is 11.1 Å². The molecule has 5 rings (SSSR count). The molecule has 0 aliphatic carbocycles. The molecule has 8 nitrogen and oxygen atoms in total. The fraction of sp³-hybridized carbons (Fsp3) is 0.129. The van der Waals surface area contributed by atoms with Gasteiger partial charge in [0.15, 0.2) is 0 Å². The van der Waals surface area contributed by atoms with Gasteiger partial charge in [-0.25, -0.2) is 9.29 Å². The molecule has 0 saturated heterocycles. The van der Waals surface area contributed by atoms with Crippen LogP contribution in [-0.4, -0.2) is 28.3 Å². The first-order valence-electron chi connectivity index (χ1n) is 12.6. The number of nitrogens with one attached hydrogen (secondary N) is 1. The smallest absolute Gasteiger partial charge is 0.267 e. The van der Waals surface area contributed by atoms with Crippen molar-refractivity contribution in [3.05, 3.63) is 93.8 Å². The Bertz CT molecular complexity index is 1910. The zero-order valence-corrected chi connectivity index (χ0v) is 23.1. The van der Waals surface area contributed by atoms with Crippen molar-refractivity contribution in [2.75, 3.05) is 10.6 Å². The minimum atomic E-state index is -1.11. The van der Waals surface area contributed by atoms with Crippen LogP contribution in [0.4, 0.5) is 15.8 Å². The number of benzene rings is 4. The molecular weight excluding hydrogens is 547 g/mol. The van der Waals surface area contributed by atoms with Gasteiger partial charge in [-0.3, -0.25) is 14.4 Å². The molecule has 41 heavy (non-hydrogen) atoms. The van der Waals surface area contributed by atoms with E-state index in [1.165, 1.54) is 18.2 Å². The van der Waals surface area contributed by atoms with Gasteiger partial charge in [0.25, 0.3) is 11.8 Å². The van der Waals surface area contributed by atoms with Crippen molar-refractivity contribution in [2.45, 2.75) is 26.4 Å². The number of fused-ring (bicyclic) bond motifs is 3. The molecule has 10 heteroatoms. The highest BCUT2D eigenvalue weighted by Gasteiger charge is 2.26. The highest BCUT2D eigenvalue weighted by Crippen LogP contribution is 2.44. The molecule has 0 atom stereocenters. The second-order valence-electron chi connectivity index (χ2n) is 10.3. The highest BCUT2D eigenvalue weighted by atomic mass is 35.5. The van der Waals surface area contributed by atoms with Crippen LogP contribution >= 0.6 is 11.6 Å². The Kier molecular flexibility index (Phi) is 6.81. The predicted octanol–water partition coefficient (Wildman–Crippen LogP) is 5.80. The van der Waals surface area contributed by atoms with Crippen molar-refractivity contribution in [1.29, 1.82) is 0 Å². The third kappa shape index (κ3) is 4.59. The van der Waals surface area contributed by atoms with Gasteiger partial charge in [0.05, 0.1) is 33.6 Å². The summed E-state index contributed by atoms with van der Waals surface area (Å²) < 4.78 is 14.1. The first-order chi connectivity index (χ1) is 19.3. The van der Waals surface area contributed by atoms with Gasteiger partial charge in [-0.2, -0.15) is 0 Å². The summed E-state index contributed by atoms with van der Waals surface area (Å²) in [5, 5.41) is 12.1. The summed E-state index contributed by atoms with van der Waals surface area (Å²) in [6, 6.07) is 15.7. The standard InChI is InChI=1S/C31H26ClFN4O4/c1-15-17(6-5-9-24(15)37(14-38)30(40)19-7-4-8-22(33)27(19)34)25-21(32)13-20(29(35)39)28-26(25)18-11-10-16(31(2,3)41)12-23(18)36-28/h4-14,36,41H,34H2,1-3H3,(H2,35,39). The highest BCUT2D eigenvalue weighted by molar-refractivity contribution is 6.37. The normalized spacial score (nSPS) is 11.7. The Morgan fingerprint density at radius 2 is 1.78 bits per heavy atom. The molecule has 5 aromatic rings. The molecule has 0 radical (unpaired) electrons. The molecule has 0 spiro atoms. The molecule has 0 saturated carbocycles. The minimum Gasteiger partial charge on any atom is -0.396 e. The van der Waals surface area contributed by atoms with Gasteiger partial charge >= 0.3 is 0 Å². The van der Waals surface area contributed by atoms with E-state index in [-0.39, 0.29) is 27.5 Å². The summed E-state index contributed by atoms with van der Waals surface area (Å²) >= 11 is 6.81. The molecule has 6 N–H and O–H groups in total. The van der Waals surface area contributed by atoms with Gasteiger partial charge in [0.1, 0.15) is 5.82 Å². The number of carbonyl (C=O) groups is 3. The van der Waals surface area contributed by atoms with Crippen LogP contribution in [0.3, 0.4) is 0 Å². The quantitative estimate of drug-likeness (QED) is 0.150. The third-order valence-corrected chi connectivity index (χ3v) is 7.54. The van der Waals surface area contributed by atoms with Crippen molar-refractivity contribution in [2.24, 2.45) is 5.73 Å². The van der Waals surface area contributed by atoms with Gasteiger partial charge in [-0.15, -0.1) is 0 Å². The first kappa shape index (κ1) is 27.8. The van der Waals surface area contributed by atoms with Crippen molar-refractivity contribution in [3.63, 3.8) is 0 Å². The molecule has 1 heterocycles. The summed E-state index contributed by atoms with van der Waals surface area (Å²) in [5.74, 6) is -2.26. The zero-order chi connectivity index (χ0) is 29.8. The SMILES string of the molecule is Cc1c(-c2c(Cl)cc(C(N)=O)c3[nH]c4cc(C(C)(C)O)ccc4c23)cccc1N(C=O)C(=O)c1cccc(F)c1N. The maximum Gasteiger partial charge on any atom is 0.267 e. The second-order valence-corrected chi connectivity index (χ2v) is 10.7. The largest absolute Gasteiger partial charge is 0.396 e. The lowest BCUT2D eigenvalue weighted by Crippen LogP contribution is -2.31. The molecule has 0 aliphatic rings. The number of carbonyl (C=O) groups excluding carboxylic acids is 3. The van der Waals surface area contributed by atoms with E-state index in [0.717, 1.165) is 11.0 Å². The number of amides is 3. The summed E-state index contributed by atoms with van der Waals surface area (Å²) in [7, 11) is 0. The maximum atomic E-state index is 14.1. The first-order valence-corrected chi connectivity index (χ1v) is 13.0. The Balaban J connectivity index is 1.78. The van der Waals surface area contributed by atoms with E-state index in [4.69, 9.17) is 23.1 Å². The summed E-state index contributed by atoms with van der Waals surface area (Å²) in [6.07, 6.45) is 0.343. The van der Waals surface area contributed by atoms with Gasteiger partial charge in [0.2, 0.25) is 6.41 Å². The lowest BCUT2D eigenvalue weighted by atomic mass is 9.92. The number of nitrogen functional groups attached to an aromatic ring is 1. The van der Waals surface area contributed by atoms with Gasteiger partial charge < -0.3 is 21.6 Å². The summed E-state index contributed by atoms with van der Waals surface area (Å²) in [4.78, 5) is 42.1. The van der Waals surface area contributed by atoms with Crippen molar-refractivity contribution in [1.82, 2.24) is 4.98 Å². The molecule has 4 aromatic carbocycles. The number of H-pyrrole nitrogens is 1. The predicted molar refractivity (Wildman–Crippen MR) is 158 cm³/mol. The van der Waals surface area contributed by atoms with Crippen LogP contribution in [0.5, 0.6) is 0 Å². The Labute approximate surface area is 239 Å². The molecular formula is C31H26ClFN4O4. The second kappa shape index (κ2) is 10.0. The van der Waals surface area contributed by atoms with Crippen LogP contribution in [0.25, 0.3) is 32.9 Å². The van der Waals surface area contributed by atoms with E-state index in [1.807, 2.05) is 6.07 Å². The molecule has 0 aliphatic heterocycles. The number of anilines is 2. The van der Waals surface area contributed by atoms with Gasteiger partial charge in [-0.05, 0) is 67.8 Å². The fourth-order valence-electron chi connectivity index (χ4n) is 5.11. The average Bonchev–Trinajstić information content (AvgIpc) is 3.29. The van der Waals surface area contributed by atoms with E-state index < -0.39 is 23.2 Å². The molecule has 0 fully saturated rings. The topological polar surface area (TPSA) is 143 Å². The lowest BCUT2D eigenvalue weighted by Gasteiger charge is -2.21. The number of aromatic amines is 1. The fourth-order valence-corrected chi connectivity index (χ4v) is 5.42. The zero-order valence-electron chi connectivity index (χ0n) is 22.4. The van der Waals surface area contributed by atoms with Gasteiger partial charge in [0, 0.05) is 26.9 Å². The van der Waals surface area contributed by atoms with Crippen LogP contribution in [0.2, 0.25) is 5.02 Å². The maximum absolute atomic E-state index is 14.1. The van der Waals surface area contributed by atoms with E-state index in [2.05, 4.69) is 4.98 Å². The number of aliphatic hydroxyl groups is 1. The third-order valence-electron chi connectivity index (χ3n) is 7.24. The monoisotopic (exact) mass is 572 g/mol. The number of hydrogen-bond donors (Lipinski definition) is 4. The number of imide groups is 1. The van der Waals surface area contributed by atoms with Crippen molar-refractivity contribution >= 4 is 63.0 Å². The molecule has 1 aromatic heterocycles. The molecule has 0 unspecified atom stereocenters. The van der Waals surface area contributed by atoms with E-state index >= 15 is 0 Å². The average molecular weight is 573 g/mol. The number of primary amides is 1. The molecule has 3 amide bonds. The van der Waals surface area contributed by atoms with Gasteiger partial charge in [-0.1, -0.05) is 41.9 Å². The minimum absolute atomic E-state index is 0.160. The summed E-state index contributed by atoms with van der Waals surface area (Å²) in [5.41, 5.74) is 13.6. The van der Waals surface area contributed by atoms with Crippen LogP contribution in [0.1, 0.15) is 45.7 Å². The lowest BCUT2D eigenvalue weighted by molar-refractivity contribution is -0.106. The Morgan fingerprint density at radius 1 is 1.07 bits per heavy atom. The number of nitrogens with zero attached hydrogens (tertiary/aromatic N) is 1. The number of aromatic nitrogens is 1. The summed E-state index contributed by atoms with van der Waals surface area (Å²) in [6.45, 7) is 5.05. The number of hydrogen-bond acceptors (Lipinski definition) is 5. The molecule has 208 valence electrons. The van der Waals surface area contributed by atoms with Crippen LogP contribution in [-0.2, 0) is 10.4 Å². The number of halogens is 2. The van der Waals surface area contributed by atoms with E-state index in [9.17, 15) is 23.9 Å². The van der Waals surface area contributed by atoms with E-state index in [0.29, 0.717) is 50.5 Å². The molecule has 0 bridgehead atoms. The number of nitrogens with two attached hydrogens (primary N) is 2. The Morgan fingerprint density at radius 3 is 2.44 bits per heavy atom. The number of para-hydroxylation sites is 1. The van der Waals surface area contributed by atoms with E-state index in [1.54, 1.807) is 51.1 Å². The van der Waals surface area contributed by atoms with Crippen LogP contribution in [0, 0.1) is 12.7 Å². The number of rotatable bonds is 6. The van der Waals surface area contributed by atoms with Crippen molar-refractivity contribution < 1.29 is 23.9 Å².